The maximum atomic E-state index is 12.0. The van der Waals surface area contributed by atoms with E-state index in [9.17, 15) is 4.79 Å². The molecule has 3 aromatic rings. The number of H-pyrrole nitrogens is 1. The van der Waals surface area contributed by atoms with E-state index in [1.54, 1.807) is 43.6 Å². The van der Waals surface area contributed by atoms with Gasteiger partial charge >= 0.3 is 0 Å². The van der Waals surface area contributed by atoms with Crippen molar-refractivity contribution in [3.8, 4) is 5.88 Å². The minimum Gasteiger partial charge on any atom is -0.480 e. The first-order chi connectivity index (χ1) is 12.3. The number of methoxy groups -OCH3 is 1. The van der Waals surface area contributed by atoms with Crippen molar-refractivity contribution >= 4 is 22.5 Å². The number of carbonyl (C=O) groups excluding carboxylic acids is 1. The number of nitrogens with one attached hydrogen (secondary N) is 2. The van der Waals surface area contributed by atoms with Gasteiger partial charge in [-0.2, -0.15) is 0 Å². The minimum atomic E-state index is -0.253. The highest BCUT2D eigenvalue weighted by atomic mass is 16.5. The number of ether oxygens (including phenoxy) is 2. The highest BCUT2D eigenvalue weighted by molar-refractivity contribution is 6.03. The second-order valence-electron chi connectivity index (χ2n) is 5.48. The Morgan fingerprint density at radius 2 is 2.08 bits per heavy atom. The molecule has 7 nitrogen and oxygen atoms in total. The summed E-state index contributed by atoms with van der Waals surface area (Å²) < 4.78 is 10.1. The van der Waals surface area contributed by atoms with Crippen molar-refractivity contribution in [2.75, 3.05) is 25.6 Å². The van der Waals surface area contributed by atoms with Crippen LogP contribution in [-0.4, -0.2) is 41.4 Å². The molecular weight excluding hydrogens is 320 g/mol. The number of benzene rings is 1. The van der Waals surface area contributed by atoms with Gasteiger partial charge in [-0.15, -0.1) is 5.10 Å². The van der Waals surface area contributed by atoms with Gasteiger partial charge in [-0.1, -0.05) is 6.07 Å². The summed E-state index contributed by atoms with van der Waals surface area (Å²) in [5.41, 5.74) is 1.83. The van der Waals surface area contributed by atoms with Gasteiger partial charge in [0, 0.05) is 25.1 Å². The van der Waals surface area contributed by atoms with Crippen molar-refractivity contribution in [2.45, 2.75) is 12.8 Å². The van der Waals surface area contributed by atoms with Gasteiger partial charge in [-0.05, 0) is 43.2 Å². The van der Waals surface area contributed by atoms with E-state index in [1.807, 2.05) is 6.07 Å². The number of aromatic amines is 1. The Kier molecular flexibility index (Phi) is 5.58. The van der Waals surface area contributed by atoms with Crippen LogP contribution in [-0.2, 0) is 4.74 Å². The largest absolute Gasteiger partial charge is 0.480 e. The second kappa shape index (κ2) is 8.25. The van der Waals surface area contributed by atoms with E-state index in [1.165, 1.54) is 12.8 Å². The van der Waals surface area contributed by atoms with Crippen LogP contribution in [0.3, 0.4) is 0 Å². The maximum absolute atomic E-state index is 12.0. The zero-order chi connectivity index (χ0) is 17.5. The lowest BCUT2D eigenvalue weighted by Crippen LogP contribution is -2.13. The van der Waals surface area contributed by atoms with E-state index in [-0.39, 0.29) is 5.91 Å². The number of rotatable bonds is 3. The number of pyridine rings is 1. The van der Waals surface area contributed by atoms with Crippen LogP contribution in [0.15, 0.2) is 42.6 Å². The topological polar surface area (TPSA) is 89.1 Å². The van der Waals surface area contributed by atoms with Gasteiger partial charge in [-0.25, -0.2) is 0 Å². The summed E-state index contributed by atoms with van der Waals surface area (Å²) in [6, 6.07) is 10.6. The Labute approximate surface area is 145 Å². The Hall–Kier alpha value is -2.93. The summed E-state index contributed by atoms with van der Waals surface area (Å²) in [7, 11) is 1.56. The monoisotopic (exact) mass is 340 g/mol. The molecule has 130 valence electrons. The minimum absolute atomic E-state index is 0.253. The average molecular weight is 340 g/mol. The fourth-order valence-corrected chi connectivity index (χ4v) is 2.43. The quantitative estimate of drug-likeness (QED) is 0.765. The highest BCUT2D eigenvalue weighted by Crippen LogP contribution is 2.25. The molecule has 0 radical (unpaired) electrons. The molecule has 1 aromatic carbocycles. The first-order valence-electron chi connectivity index (χ1n) is 8.10. The molecule has 1 aliphatic heterocycles. The number of aromatic nitrogens is 3. The van der Waals surface area contributed by atoms with Crippen LogP contribution in [0, 0.1) is 0 Å². The van der Waals surface area contributed by atoms with E-state index in [4.69, 9.17) is 9.47 Å². The fourth-order valence-electron chi connectivity index (χ4n) is 2.43. The molecule has 0 atom stereocenters. The predicted octanol–water partition coefficient (Wildman–Crippen LogP) is 3.02. The first kappa shape index (κ1) is 16.9. The molecule has 7 heteroatoms. The van der Waals surface area contributed by atoms with Crippen LogP contribution in [0.1, 0.15) is 23.3 Å². The molecule has 2 N–H and O–H groups in total. The van der Waals surface area contributed by atoms with Crippen LogP contribution >= 0.6 is 0 Å². The first-order valence-corrected chi connectivity index (χ1v) is 8.10. The summed E-state index contributed by atoms with van der Waals surface area (Å²) in [4.78, 5) is 16.0. The third kappa shape index (κ3) is 4.33. The zero-order valence-electron chi connectivity index (χ0n) is 14.0. The number of hydrogen-bond donors (Lipinski definition) is 2. The van der Waals surface area contributed by atoms with E-state index in [2.05, 4.69) is 20.5 Å². The summed E-state index contributed by atoms with van der Waals surface area (Å²) in [5.74, 6) is 0.277. The average Bonchev–Trinajstić information content (AvgIpc) is 3.35. The van der Waals surface area contributed by atoms with Crippen molar-refractivity contribution in [1.82, 2.24) is 15.2 Å². The normalized spacial score (nSPS) is 13.2. The molecule has 1 saturated heterocycles. The lowest BCUT2D eigenvalue weighted by molar-refractivity contribution is 0.102. The van der Waals surface area contributed by atoms with Crippen molar-refractivity contribution in [3.05, 3.63) is 48.3 Å². The molecule has 1 aliphatic rings. The third-order valence-corrected chi connectivity index (χ3v) is 3.70. The number of carbonyl (C=O) groups is 1. The summed E-state index contributed by atoms with van der Waals surface area (Å²) >= 11 is 0. The highest BCUT2D eigenvalue weighted by Gasteiger charge is 2.09. The standard InChI is InChI=1S/C14H12N4O2.C4H8O/c1-20-14-10-6-5-9(8-12(10)17-18-14)16-13(19)11-4-2-3-7-15-11;1-2-4-5-3-1/h2-8H,1H3,(H,16,19)(H,17,18);1-4H2. The van der Waals surface area contributed by atoms with E-state index in [0.717, 1.165) is 24.1 Å². The molecule has 2 aromatic heterocycles. The lowest BCUT2D eigenvalue weighted by atomic mass is 10.2. The Balaban J connectivity index is 0.000000314. The van der Waals surface area contributed by atoms with Gasteiger partial charge in [0.05, 0.1) is 18.0 Å². The molecule has 1 amide bonds. The molecule has 25 heavy (non-hydrogen) atoms. The number of amides is 1. The van der Waals surface area contributed by atoms with Crippen molar-refractivity contribution < 1.29 is 14.3 Å². The molecule has 0 spiro atoms. The molecule has 0 saturated carbocycles. The van der Waals surface area contributed by atoms with Crippen molar-refractivity contribution in [2.24, 2.45) is 0 Å². The van der Waals surface area contributed by atoms with Crippen LogP contribution in [0.5, 0.6) is 5.88 Å². The van der Waals surface area contributed by atoms with Gasteiger partial charge in [0.1, 0.15) is 5.69 Å². The van der Waals surface area contributed by atoms with Gasteiger partial charge in [0.25, 0.3) is 5.91 Å². The Bertz CT molecular complexity index is 821. The molecule has 1 fully saturated rings. The number of nitrogens with zero attached hydrogens (tertiary/aromatic N) is 2. The van der Waals surface area contributed by atoms with Gasteiger partial charge in [0.15, 0.2) is 0 Å². The van der Waals surface area contributed by atoms with E-state index >= 15 is 0 Å². The molecular formula is C18H20N4O3. The van der Waals surface area contributed by atoms with Crippen LogP contribution in [0.25, 0.3) is 10.9 Å². The lowest BCUT2D eigenvalue weighted by Gasteiger charge is -2.04. The number of anilines is 1. The Morgan fingerprint density at radius 1 is 1.24 bits per heavy atom. The maximum Gasteiger partial charge on any atom is 0.274 e. The van der Waals surface area contributed by atoms with Gasteiger partial charge in [-0.3, -0.25) is 14.9 Å². The molecule has 3 heterocycles. The Morgan fingerprint density at radius 3 is 2.72 bits per heavy atom. The molecule has 4 rings (SSSR count). The van der Waals surface area contributed by atoms with Crippen molar-refractivity contribution in [3.63, 3.8) is 0 Å². The summed E-state index contributed by atoms with van der Waals surface area (Å²) in [5, 5.41) is 10.5. The molecule has 0 unspecified atom stereocenters. The van der Waals surface area contributed by atoms with E-state index in [0.29, 0.717) is 17.3 Å². The van der Waals surface area contributed by atoms with Crippen molar-refractivity contribution in [1.29, 1.82) is 0 Å². The number of fused-ring (bicyclic) bond motifs is 1. The second-order valence-corrected chi connectivity index (χ2v) is 5.48. The molecule has 0 bridgehead atoms. The van der Waals surface area contributed by atoms with E-state index < -0.39 is 0 Å². The van der Waals surface area contributed by atoms with Gasteiger partial charge < -0.3 is 14.8 Å². The third-order valence-electron chi connectivity index (χ3n) is 3.70. The van der Waals surface area contributed by atoms with Crippen LogP contribution in [0.4, 0.5) is 5.69 Å². The summed E-state index contributed by atoms with van der Waals surface area (Å²) in [6.45, 7) is 2.00. The smallest absolute Gasteiger partial charge is 0.274 e. The zero-order valence-corrected chi connectivity index (χ0v) is 14.0. The molecule has 0 aliphatic carbocycles. The number of hydrogen-bond acceptors (Lipinski definition) is 5. The SMILES string of the molecule is C1CCOC1.COc1n[nH]c2cc(NC(=O)c3ccccn3)ccc12. The van der Waals surface area contributed by atoms with Gasteiger partial charge in [0.2, 0.25) is 5.88 Å². The van der Waals surface area contributed by atoms with Crippen LogP contribution < -0.4 is 10.1 Å². The fraction of sp³-hybridized carbons (Fsp3) is 0.278. The summed E-state index contributed by atoms with van der Waals surface area (Å²) in [6.07, 6.45) is 4.14. The van der Waals surface area contributed by atoms with Crippen LogP contribution in [0.2, 0.25) is 0 Å². The predicted molar refractivity (Wildman–Crippen MR) is 94.9 cm³/mol.